The van der Waals surface area contributed by atoms with Gasteiger partial charge in [0.15, 0.2) is 0 Å². The first-order valence-corrected chi connectivity index (χ1v) is 7.52. The van der Waals surface area contributed by atoms with Crippen LogP contribution in [0, 0.1) is 12.7 Å². The Bertz CT molecular complexity index is 717. The Morgan fingerprint density at radius 3 is 2.63 bits per heavy atom. The SMILES string of the molecule is Cc1ccc(C(NN)c2cc3cc(F)ccc3s2)s1. The third-order valence-corrected chi connectivity index (χ3v) is 5.24. The van der Waals surface area contributed by atoms with Gasteiger partial charge in [-0.1, -0.05) is 0 Å². The van der Waals surface area contributed by atoms with Crippen LogP contribution >= 0.6 is 22.7 Å². The molecule has 0 spiro atoms. The fourth-order valence-electron chi connectivity index (χ4n) is 2.09. The smallest absolute Gasteiger partial charge is 0.123 e. The van der Waals surface area contributed by atoms with Gasteiger partial charge in [0.1, 0.15) is 5.82 Å². The van der Waals surface area contributed by atoms with Gasteiger partial charge < -0.3 is 0 Å². The fraction of sp³-hybridized carbons (Fsp3) is 0.143. The maximum Gasteiger partial charge on any atom is 0.123 e. The van der Waals surface area contributed by atoms with Gasteiger partial charge in [0.25, 0.3) is 0 Å². The molecule has 5 heteroatoms. The zero-order valence-electron chi connectivity index (χ0n) is 10.3. The quantitative estimate of drug-likeness (QED) is 0.566. The van der Waals surface area contributed by atoms with E-state index in [2.05, 4.69) is 24.5 Å². The molecule has 19 heavy (non-hydrogen) atoms. The third kappa shape index (κ3) is 2.42. The molecule has 2 aromatic heterocycles. The summed E-state index contributed by atoms with van der Waals surface area (Å²) in [5.41, 5.74) is 2.85. The van der Waals surface area contributed by atoms with Crippen LogP contribution in [0.15, 0.2) is 36.4 Å². The average molecular weight is 292 g/mol. The highest BCUT2D eigenvalue weighted by molar-refractivity contribution is 7.19. The van der Waals surface area contributed by atoms with E-state index in [1.54, 1.807) is 28.7 Å². The predicted octanol–water partition coefficient (Wildman–Crippen LogP) is 3.96. The first-order valence-electron chi connectivity index (χ1n) is 5.89. The molecular formula is C14H13FN2S2. The average Bonchev–Trinajstić information content (AvgIpc) is 2.96. The molecule has 0 aliphatic rings. The molecule has 0 radical (unpaired) electrons. The van der Waals surface area contributed by atoms with Crippen LogP contribution in [0.4, 0.5) is 4.39 Å². The molecule has 1 atom stereocenters. The van der Waals surface area contributed by atoms with E-state index in [-0.39, 0.29) is 11.9 Å². The Hall–Kier alpha value is -1.27. The van der Waals surface area contributed by atoms with Crippen molar-refractivity contribution in [3.63, 3.8) is 0 Å². The highest BCUT2D eigenvalue weighted by Gasteiger charge is 2.17. The summed E-state index contributed by atoms with van der Waals surface area (Å²) in [6, 6.07) is 11.0. The Balaban J connectivity index is 2.06. The first-order chi connectivity index (χ1) is 9.17. The van der Waals surface area contributed by atoms with Gasteiger partial charge in [0.2, 0.25) is 0 Å². The Morgan fingerprint density at radius 2 is 1.95 bits per heavy atom. The van der Waals surface area contributed by atoms with E-state index in [0.717, 1.165) is 15.0 Å². The van der Waals surface area contributed by atoms with Crippen molar-refractivity contribution < 1.29 is 4.39 Å². The van der Waals surface area contributed by atoms with Crippen LogP contribution in [0.5, 0.6) is 0 Å². The summed E-state index contributed by atoms with van der Waals surface area (Å²) >= 11 is 3.36. The number of benzene rings is 1. The molecule has 0 saturated heterocycles. The van der Waals surface area contributed by atoms with Crippen molar-refractivity contribution >= 4 is 32.8 Å². The van der Waals surface area contributed by atoms with Crippen molar-refractivity contribution in [3.8, 4) is 0 Å². The van der Waals surface area contributed by atoms with Crippen molar-refractivity contribution in [1.82, 2.24) is 5.43 Å². The highest BCUT2D eigenvalue weighted by Crippen LogP contribution is 2.35. The first kappa shape index (κ1) is 12.7. The number of fused-ring (bicyclic) bond motifs is 1. The number of hydrazine groups is 1. The van der Waals surface area contributed by atoms with Gasteiger partial charge >= 0.3 is 0 Å². The standard InChI is InChI=1S/C14H13FN2S2/c1-8-2-4-12(18-8)14(17-16)13-7-9-6-10(15)3-5-11(9)19-13/h2-7,14,17H,16H2,1H3. The van der Waals surface area contributed by atoms with E-state index in [9.17, 15) is 4.39 Å². The van der Waals surface area contributed by atoms with Crippen molar-refractivity contribution in [2.45, 2.75) is 13.0 Å². The molecule has 0 aliphatic heterocycles. The summed E-state index contributed by atoms with van der Waals surface area (Å²) in [5, 5.41) is 0.925. The lowest BCUT2D eigenvalue weighted by molar-refractivity contribution is 0.630. The van der Waals surface area contributed by atoms with Gasteiger partial charge in [-0.3, -0.25) is 5.84 Å². The third-order valence-electron chi connectivity index (χ3n) is 2.99. The molecule has 0 bridgehead atoms. The molecule has 3 aromatic rings. The number of hydrogen-bond acceptors (Lipinski definition) is 4. The number of thiophene rings is 2. The molecule has 2 heterocycles. The fourth-order valence-corrected chi connectivity index (χ4v) is 4.25. The summed E-state index contributed by atoms with van der Waals surface area (Å²) in [5.74, 6) is 5.48. The summed E-state index contributed by atoms with van der Waals surface area (Å²) in [6.07, 6.45) is 0. The molecule has 3 rings (SSSR count). The summed E-state index contributed by atoms with van der Waals surface area (Å²) < 4.78 is 14.3. The minimum Gasteiger partial charge on any atom is -0.271 e. The van der Waals surface area contributed by atoms with Gasteiger partial charge in [-0.05, 0) is 48.7 Å². The van der Waals surface area contributed by atoms with Gasteiger partial charge in [-0.25, -0.2) is 9.82 Å². The number of halogens is 1. The van der Waals surface area contributed by atoms with Crippen molar-refractivity contribution in [2.75, 3.05) is 0 Å². The normalized spacial score (nSPS) is 13.0. The second kappa shape index (κ2) is 5.02. The van der Waals surface area contributed by atoms with E-state index in [1.807, 2.05) is 12.1 Å². The van der Waals surface area contributed by atoms with Crippen LogP contribution in [-0.4, -0.2) is 0 Å². The summed E-state index contributed by atoms with van der Waals surface area (Å²) in [4.78, 5) is 3.53. The number of nitrogens with two attached hydrogens (primary N) is 1. The number of hydrogen-bond donors (Lipinski definition) is 2. The molecule has 1 unspecified atom stereocenters. The van der Waals surface area contributed by atoms with Gasteiger partial charge in [-0.15, -0.1) is 22.7 Å². The summed E-state index contributed by atoms with van der Waals surface area (Å²) in [7, 11) is 0. The van der Waals surface area contributed by atoms with Crippen LogP contribution in [0.25, 0.3) is 10.1 Å². The van der Waals surface area contributed by atoms with Gasteiger partial charge in [0, 0.05) is 19.3 Å². The van der Waals surface area contributed by atoms with Crippen molar-refractivity contribution in [3.05, 3.63) is 56.8 Å². The maximum atomic E-state index is 13.2. The van der Waals surface area contributed by atoms with Crippen LogP contribution in [0.1, 0.15) is 20.7 Å². The lowest BCUT2D eigenvalue weighted by atomic mass is 10.2. The zero-order valence-corrected chi connectivity index (χ0v) is 11.9. The Morgan fingerprint density at radius 1 is 1.11 bits per heavy atom. The lowest BCUT2D eigenvalue weighted by Crippen LogP contribution is -2.27. The van der Waals surface area contributed by atoms with Gasteiger partial charge in [-0.2, -0.15) is 0 Å². The topological polar surface area (TPSA) is 38.0 Å². The van der Waals surface area contributed by atoms with E-state index >= 15 is 0 Å². The maximum absolute atomic E-state index is 13.2. The molecule has 0 amide bonds. The number of nitrogens with one attached hydrogen (secondary N) is 1. The number of rotatable bonds is 3. The molecule has 2 nitrogen and oxygen atoms in total. The summed E-state index contributed by atoms with van der Waals surface area (Å²) in [6.45, 7) is 2.07. The minimum atomic E-state index is -0.207. The van der Waals surface area contributed by atoms with Gasteiger partial charge in [0.05, 0.1) is 6.04 Å². The molecule has 98 valence electrons. The molecule has 0 fully saturated rings. The van der Waals surface area contributed by atoms with Crippen molar-refractivity contribution in [1.29, 1.82) is 0 Å². The molecule has 0 aliphatic carbocycles. The van der Waals surface area contributed by atoms with Crippen LogP contribution in [-0.2, 0) is 0 Å². The zero-order chi connectivity index (χ0) is 13.4. The monoisotopic (exact) mass is 292 g/mol. The van der Waals surface area contributed by atoms with E-state index < -0.39 is 0 Å². The Kier molecular flexibility index (Phi) is 3.36. The molecule has 1 aromatic carbocycles. The molecule has 3 N–H and O–H groups in total. The minimum absolute atomic E-state index is 0.0286. The van der Waals surface area contributed by atoms with Crippen LogP contribution in [0.3, 0.4) is 0 Å². The predicted molar refractivity (Wildman–Crippen MR) is 80.0 cm³/mol. The van der Waals surface area contributed by atoms with E-state index in [4.69, 9.17) is 5.84 Å². The lowest BCUT2D eigenvalue weighted by Gasteiger charge is -2.11. The second-order valence-corrected chi connectivity index (χ2v) is 6.81. The number of aryl methyl sites for hydroxylation is 1. The van der Waals surface area contributed by atoms with Crippen LogP contribution in [0.2, 0.25) is 0 Å². The van der Waals surface area contributed by atoms with E-state index in [1.165, 1.54) is 15.8 Å². The Labute approximate surface area is 118 Å². The second-order valence-electron chi connectivity index (χ2n) is 4.38. The van der Waals surface area contributed by atoms with E-state index in [0.29, 0.717) is 0 Å². The van der Waals surface area contributed by atoms with Crippen molar-refractivity contribution in [2.24, 2.45) is 5.84 Å². The molecule has 0 saturated carbocycles. The van der Waals surface area contributed by atoms with Crippen LogP contribution < -0.4 is 11.3 Å². The molecular weight excluding hydrogens is 279 g/mol. The highest BCUT2D eigenvalue weighted by atomic mass is 32.1. The largest absolute Gasteiger partial charge is 0.271 e.